The lowest BCUT2D eigenvalue weighted by molar-refractivity contribution is -0.116. The van der Waals surface area contributed by atoms with E-state index in [9.17, 15) is 4.79 Å². The first-order chi connectivity index (χ1) is 13.6. The van der Waals surface area contributed by atoms with Crippen LogP contribution in [0, 0.1) is 0 Å². The minimum Gasteiger partial charge on any atom is -0.494 e. The zero-order valence-electron chi connectivity index (χ0n) is 15.9. The predicted octanol–water partition coefficient (Wildman–Crippen LogP) is 6.08. The average Bonchev–Trinajstić information content (AvgIpc) is 2.69. The van der Waals surface area contributed by atoms with Crippen LogP contribution in [0.2, 0.25) is 5.02 Å². The minimum atomic E-state index is -0.105. The Morgan fingerprint density at radius 2 is 1.68 bits per heavy atom. The second-order valence-electron chi connectivity index (χ2n) is 6.17. The van der Waals surface area contributed by atoms with E-state index < -0.39 is 0 Å². The first-order valence-corrected chi connectivity index (χ1v) is 9.47. The number of anilines is 1. The molecule has 144 valence electrons. The van der Waals surface area contributed by atoms with Gasteiger partial charge in [-0.2, -0.15) is 0 Å². The van der Waals surface area contributed by atoms with Gasteiger partial charge >= 0.3 is 0 Å². The molecule has 3 aromatic rings. The summed E-state index contributed by atoms with van der Waals surface area (Å²) >= 11 is 6.19. The quantitative estimate of drug-likeness (QED) is 0.487. The van der Waals surface area contributed by atoms with E-state index in [1.165, 1.54) is 6.92 Å². The van der Waals surface area contributed by atoms with Gasteiger partial charge in [-0.15, -0.1) is 0 Å². The van der Waals surface area contributed by atoms with E-state index in [2.05, 4.69) is 0 Å². The summed E-state index contributed by atoms with van der Waals surface area (Å²) in [5, 5.41) is 0.535. The fourth-order valence-electron chi connectivity index (χ4n) is 2.88. The van der Waals surface area contributed by atoms with Gasteiger partial charge in [-0.1, -0.05) is 48.0 Å². The molecule has 0 saturated carbocycles. The Balaban J connectivity index is 1.98. The molecular weight excluding hydrogens is 373 g/mol. The number of amides is 1. The SMILES string of the molecule is C[11CH2]Oc1ccccc1CN(C(C)=O)c1ccc(Cl)cc1Oc1ccccc1. The Hall–Kier alpha value is -2.98. The Bertz CT molecular complexity index is 944. The van der Waals surface area contributed by atoms with Crippen LogP contribution in [0.4, 0.5) is 5.69 Å². The molecule has 3 rings (SSSR count). The van der Waals surface area contributed by atoms with Gasteiger partial charge in [-0.25, -0.2) is 0 Å². The molecule has 0 N–H and O–H groups in total. The summed E-state index contributed by atoms with van der Waals surface area (Å²) in [6.45, 7) is 4.38. The van der Waals surface area contributed by atoms with E-state index in [-0.39, 0.29) is 5.91 Å². The second kappa shape index (κ2) is 9.29. The molecule has 0 saturated heterocycles. The number of benzene rings is 3. The molecule has 3 aromatic carbocycles. The number of para-hydroxylation sites is 2. The zero-order chi connectivity index (χ0) is 19.9. The zero-order valence-corrected chi connectivity index (χ0v) is 16.6. The van der Waals surface area contributed by atoms with Crippen LogP contribution in [0.5, 0.6) is 17.2 Å². The molecule has 0 aromatic heterocycles. The summed E-state index contributed by atoms with van der Waals surface area (Å²) in [5.41, 5.74) is 1.56. The molecule has 0 aliphatic heterocycles. The summed E-state index contributed by atoms with van der Waals surface area (Å²) < 4.78 is 11.7. The minimum absolute atomic E-state index is 0.105. The van der Waals surface area contributed by atoms with Crippen LogP contribution in [0.3, 0.4) is 0 Å². The number of hydrogen-bond acceptors (Lipinski definition) is 3. The van der Waals surface area contributed by atoms with Crippen LogP contribution in [-0.2, 0) is 11.3 Å². The van der Waals surface area contributed by atoms with E-state index in [1.54, 1.807) is 23.1 Å². The van der Waals surface area contributed by atoms with Gasteiger partial charge in [0.25, 0.3) is 0 Å². The predicted molar refractivity (Wildman–Crippen MR) is 112 cm³/mol. The monoisotopic (exact) mass is 394 g/mol. The van der Waals surface area contributed by atoms with Crippen molar-refractivity contribution in [1.82, 2.24) is 0 Å². The van der Waals surface area contributed by atoms with E-state index in [1.807, 2.05) is 61.5 Å². The maximum absolute atomic E-state index is 12.5. The summed E-state index contributed by atoms with van der Waals surface area (Å²) in [4.78, 5) is 14.2. The van der Waals surface area contributed by atoms with Gasteiger partial charge in [0.2, 0.25) is 5.91 Å². The van der Waals surface area contributed by atoms with Gasteiger partial charge in [-0.3, -0.25) is 4.79 Å². The fraction of sp³-hybridized carbons (Fsp3) is 0.174. The summed E-state index contributed by atoms with van der Waals surface area (Å²) in [6.07, 6.45) is 0. The Morgan fingerprint density at radius 1 is 0.964 bits per heavy atom. The van der Waals surface area contributed by atoms with E-state index in [0.29, 0.717) is 35.4 Å². The third kappa shape index (κ3) is 4.84. The number of carbonyl (C=O) groups is 1. The molecular formula is C23H22ClNO3. The van der Waals surface area contributed by atoms with Crippen molar-refractivity contribution in [2.24, 2.45) is 0 Å². The van der Waals surface area contributed by atoms with Gasteiger partial charge in [0.05, 0.1) is 18.8 Å². The molecule has 0 unspecified atom stereocenters. The van der Waals surface area contributed by atoms with Crippen molar-refractivity contribution in [1.29, 1.82) is 0 Å². The average molecular weight is 395 g/mol. The second-order valence-corrected chi connectivity index (χ2v) is 6.61. The molecule has 4 nitrogen and oxygen atoms in total. The van der Waals surface area contributed by atoms with Crippen LogP contribution < -0.4 is 14.4 Å². The summed E-state index contributed by atoms with van der Waals surface area (Å²) in [5.74, 6) is 1.84. The number of carbonyl (C=O) groups excluding carboxylic acids is 1. The normalized spacial score (nSPS) is 10.4. The summed E-state index contributed by atoms with van der Waals surface area (Å²) in [7, 11) is 0. The maximum atomic E-state index is 12.5. The van der Waals surface area contributed by atoms with Gasteiger partial charge in [-0.05, 0) is 37.3 Å². The van der Waals surface area contributed by atoms with E-state index in [4.69, 9.17) is 21.1 Å². The molecule has 0 aliphatic rings. The highest BCUT2D eigenvalue weighted by atomic mass is 35.5. The number of nitrogens with zero attached hydrogens (tertiary/aromatic N) is 1. The van der Waals surface area contributed by atoms with Crippen molar-refractivity contribution in [2.75, 3.05) is 11.5 Å². The van der Waals surface area contributed by atoms with Crippen LogP contribution >= 0.6 is 11.6 Å². The highest BCUT2D eigenvalue weighted by molar-refractivity contribution is 6.30. The van der Waals surface area contributed by atoms with E-state index in [0.717, 1.165) is 11.3 Å². The summed E-state index contributed by atoms with van der Waals surface area (Å²) in [6, 6.07) is 22.4. The number of halogens is 1. The maximum Gasteiger partial charge on any atom is 0.224 e. The molecule has 0 bridgehead atoms. The topological polar surface area (TPSA) is 38.8 Å². The van der Waals surface area contributed by atoms with Crippen molar-refractivity contribution in [3.8, 4) is 17.2 Å². The van der Waals surface area contributed by atoms with Crippen molar-refractivity contribution >= 4 is 23.2 Å². The largest absolute Gasteiger partial charge is 0.494 e. The van der Waals surface area contributed by atoms with Crippen molar-refractivity contribution in [3.63, 3.8) is 0 Å². The first kappa shape index (κ1) is 19.8. The lowest BCUT2D eigenvalue weighted by Gasteiger charge is -2.25. The van der Waals surface area contributed by atoms with Crippen LogP contribution in [0.1, 0.15) is 19.4 Å². The standard InChI is InChI=1S/C23H22ClNO3/c1-3-27-22-12-8-7-9-18(22)16-25(17(2)26)21-14-13-19(24)15-23(21)28-20-10-5-4-6-11-20/h4-15H,3,16H2,1-2H3/i3-1. The molecule has 0 heterocycles. The Kier molecular flexibility index (Phi) is 6.56. The lowest BCUT2D eigenvalue weighted by atomic mass is 10.1. The van der Waals surface area contributed by atoms with Crippen LogP contribution in [-0.4, -0.2) is 12.5 Å². The highest BCUT2D eigenvalue weighted by Gasteiger charge is 2.19. The molecule has 1 amide bonds. The van der Waals surface area contributed by atoms with Gasteiger partial charge in [0.1, 0.15) is 11.5 Å². The molecule has 0 atom stereocenters. The first-order valence-electron chi connectivity index (χ1n) is 9.09. The third-order valence-corrected chi connectivity index (χ3v) is 4.40. The lowest BCUT2D eigenvalue weighted by Crippen LogP contribution is -2.28. The van der Waals surface area contributed by atoms with E-state index >= 15 is 0 Å². The van der Waals surface area contributed by atoms with Gasteiger partial charge in [0.15, 0.2) is 5.75 Å². The van der Waals surface area contributed by atoms with Gasteiger partial charge in [0, 0.05) is 23.6 Å². The molecule has 0 spiro atoms. The molecule has 0 aliphatic carbocycles. The van der Waals surface area contributed by atoms with Crippen molar-refractivity contribution in [2.45, 2.75) is 20.4 Å². The smallest absolute Gasteiger partial charge is 0.224 e. The number of rotatable bonds is 7. The fourth-order valence-corrected chi connectivity index (χ4v) is 3.04. The van der Waals surface area contributed by atoms with Crippen LogP contribution in [0.15, 0.2) is 72.8 Å². The Morgan fingerprint density at radius 3 is 2.39 bits per heavy atom. The molecule has 5 heteroatoms. The number of hydrogen-bond donors (Lipinski definition) is 0. The number of ether oxygens (including phenoxy) is 2. The molecule has 0 radical (unpaired) electrons. The van der Waals surface area contributed by atoms with Crippen molar-refractivity contribution < 1.29 is 14.3 Å². The molecule has 0 fully saturated rings. The Labute approximate surface area is 170 Å². The van der Waals surface area contributed by atoms with Crippen molar-refractivity contribution in [3.05, 3.63) is 83.4 Å². The third-order valence-electron chi connectivity index (χ3n) is 4.16. The van der Waals surface area contributed by atoms with Gasteiger partial charge < -0.3 is 14.4 Å². The van der Waals surface area contributed by atoms with Crippen LogP contribution in [0.25, 0.3) is 0 Å². The highest BCUT2D eigenvalue weighted by Crippen LogP contribution is 2.36. The molecule has 28 heavy (non-hydrogen) atoms.